The average molecular weight is 404 g/mol. The Morgan fingerprint density at radius 1 is 1.36 bits per heavy atom. The minimum atomic E-state index is 0.543. The number of hydrogen-bond acceptors (Lipinski definition) is 5. The summed E-state index contributed by atoms with van der Waals surface area (Å²) in [6, 6.07) is 4.26. The molecule has 2 aromatic heterocycles. The largest absolute Gasteiger partial charge is 0.351 e. The van der Waals surface area contributed by atoms with Crippen molar-refractivity contribution in [2.75, 3.05) is 32.7 Å². The molecule has 0 saturated carbocycles. The summed E-state index contributed by atoms with van der Waals surface area (Å²) in [5, 5.41) is 14.1. The highest BCUT2D eigenvalue weighted by Crippen LogP contribution is 2.18. The normalized spacial score (nSPS) is 17.7. The zero-order valence-corrected chi connectivity index (χ0v) is 18.4. The number of hydrogen-bond donors (Lipinski definition) is 1. The Bertz CT molecular complexity index is 749. The molecule has 1 atom stereocenters. The van der Waals surface area contributed by atoms with E-state index < -0.39 is 0 Å². The number of nitrogens with zero attached hydrogens (tertiary/aromatic N) is 6. The molecule has 1 unspecified atom stereocenters. The maximum Gasteiger partial charge on any atom is 0.194 e. The van der Waals surface area contributed by atoms with Crippen molar-refractivity contribution < 1.29 is 0 Å². The van der Waals surface area contributed by atoms with Crippen LogP contribution in [-0.2, 0) is 20.1 Å². The van der Waals surface area contributed by atoms with Crippen molar-refractivity contribution in [2.45, 2.75) is 40.3 Å². The van der Waals surface area contributed by atoms with Gasteiger partial charge in [-0.15, -0.1) is 21.5 Å². The molecule has 0 radical (unpaired) electrons. The van der Waals surface area contributed by atoms with Gasteiger partial charge in [-0.25, -0.2) is 4.99 Å². The highest BCUT2D eigenvalue weighted by Gasteiger charge is 2.26. The number of guanidine groups is 1. The van der Waals surface area contributed by atoms with E-state index in [9.17, 15) is 0 Å². The van der Waals surface area contributed by atoms with Crippen LogP contribution < -0.4 is 5.32 Å². The van der Waals surface area contributed by atoms with Crippen molar-refractivity contribution >= 4 is 17.3 Å². The Hall–Kier alpha value is -1.93. The van der Waals surface area contributed by atoms with E-state index in [1.54, 1.807) is 11.3 Å². The zero-order valence-electron chi connectivity index (χ0n) is 17.6. The molecule has 3 heterocycles. The van der Waals surface area contributed by atoms with Crippen LogP contribution in [0.3, 0.4) is 0 Å². The van der Waals surface area contributed by atoms with Crippen molar-refractivity contribution in [3.8, 4) is 0 Å². The van der Waals surface area contributed by atoms with Gasteiger partial charge in [0, 0.05) is 31.6 Å². The molecule has 1 N–H and O–H groups in total. The molecule has 28 heavy (non-hydrogen) atoms. The molecule has 2 aromatic rings. The van der Waals surface area contributed by atoms with E-state index in [2.05, 4.69) is 56.7 Å². The third-order valence-electron chi connectivity index (χ3n) is 5.55. The number of thiophene rings is 1. The lowest BCUT2D eigenvalue weighted by Gasteiger charge is -2.24. The molecule has 1 saturated heterocycles. The van der Waals surface area contributed by atoms with Gasteiger partial charge in [-0.05, 0) is 43.8 Å². The first kappa shape index (κ1) is 20.8. The van der Waals surface area contributed by atoms with E-state index >= 15 is 0 Å². The fraction of sp³-hybridized carbons (Fsp3) is 0.650. The summed E-state index contributed by atoms with van der Waals surface area (Å²) < 4.78 is 2.01. The summed E-state index contributed by atoms with van der Waals surface area (Å²) in [5.41, 5.74) is 0. The van der Waals surface area contributed by atoms with Gasteiger partial charge >= 0.3 is 0 Å². The summed E-state index contributed by atoms with van der Waals surface area (Å²) in [6.45, 7) is 13.3. The van der Waals surface area contributed by atoms with Gasteiger partial charge in [0.05, 0.1) is 6.54 Å². The standard InChI is InChI=1S/C20H33N7S/c1-5-26(6-2)14-17-9-10-27(15-17)20(21-12-18-8-7-11-28-18)22-13-19-24-23-16(3)25(19)4/h7-8,11,17H,5-6,9-10,12-15H2,1-4H3,(H,21,22). The second kappa shape index (κ2) is 10.0. The van der Waals surface area contributed by atoms with Crippen molar-refractivity contribution in [1.29, 1.82) is 0 Å². The van der Waals surface area contributed by atoms with Crippen LogP contribution in [-0.4, -0.2) is 63.2 Å². The number of likely N-dealkylation sites (tertiary alicyclic amines) is 1. The van der Waals surface area contributed by atoms with Crippen molar-refractivity contribution in [3.63, 3.8) is 0 Å². The van der Waals surface area contributed by atoms with Crippen LogP contribution >= 0.6 is 11.3 Å². The van der Waals surface area contributed by atoms with Crippen LogP contribution in [0.15, 0.2) is 22.5 Å². The summed E-state index contributed by atoms with van der Waals surface area (Å²) in [6.07, 6.45) is 1.22. The van der Waals surface area contributed by atoms with Crippen LogP contribution in [0.25, 0.3) is 0 Å². The first-order chi connectivity index (χ1) is 13.6. The molecule has 154 valence electrons. The third kappa shape index (κ3) is 5.32. The third-order valence-corrected chi connectivity index (χ3v) is 6.43. The van der Waals surface area contributed by atoms with Crippen LogP contribution in [0.4, 0.5) is 0 Å². The Morgan fingerprint density at radius 2 is 2.18 bits per heavy atom. The van der Waals surface area contributed by atoms with Gasteiger partial charge in [0.25, 0.3) is 0 Å². The van der Waals surface area contributed by atoms with Crippen LogP contribution in [0.1, 0.15) is 36.8 Å². The van der Waals surface area contributed by atoms with Gasteiger partial charge in [0.2, 0.25) is 0 Å². The summed E-state index contributed by atoms with van der Waals surface area (Å²) >= 11 is 1.77. The quantitative estimate of drug-likeness (QED) is 0.542. The Labute approximate surface area is 172 Å². The van der Waals surface area contributed by atoms with Crippen LogP contribution in [0, 0.1) is 12.8 Å². The highest BCUT2D eigenvalue weighted by atomic mass is 32.1. The molecule has 1 fully saturated rings. The van der Waals surface area contributed by atoms with E-state index in [1.165, 1.54) is 17.8 Å². The van der Waals surface area contributed by atoms with E-state index in [0.29, 0.717) is 12.5 Å². The lowest BCUT2D eigenvalue weighted by atomic mass is 10.1. The molecular formula is C20H33N7S. The van der Waals surface area contributed by atoms with Crippen LogP contribution in [0.2, 0.25) is 0 Å². The van der Waals surface area contributed by atoms with Gasteiger partial charge in [-0.2, -0.15) is 0 Å². The number of aromatic nitrogens is 3. The lowest BCUT2D eigenvalue weighted by Crippen LogP contribution is -2.40. The maximum atomic E-state index is 4.90. The zero-order chi connectivity index (χ0) is 19.9. The fourth-order valence-corrected chi connectivity index (χ4v) is 4.25. The number of aryl methyl sites for hydroxylation is 1. The average Bonchev–Trinajstić information content (AvgIpc) is 3.44. The molecular weight excluding hydrogens is 370 g/mol. The molecule has 0 aromatic carbocycles. The van der Waals surface area contributed by atoms with Gasteiger partial charge in [-0.3, -0.25) is 0 Å². The van der Waals surface area contributed by atoms with Crippen LogP contribution in [0.5, 0.6) is 0 Å². The summed E-state index contributed by atoms with van der Waals surface area (Å²) in [5.74, 6) is 3.49. The monoisotopic (exact) mass is 403 g/mol. The Balaban J connectivity index is 1.67. The van der Waals surface area contributed by atoms with Gasteiger partial charge in [0.1, 0.15) is 12.4 Å². The summed E-state index contributed by atoms with van der Waals surface area (Å²) in [4.78, 5) is 11.2. The molecule has 1 aliphatic rings. The predicted molar refractivity (Wildman–Crippen MR) is 116 cm³/mol. The van der Waals surface area contributed by atoms with Gasteiger partial charge in [0.15, 0.2) is 11.8 Å². The first-order valence-electron chi connectivity index (χ1n) is 10.2. The van der Waals surface area contributed by atoms with Gasteiger partial charge in [-0.1, -0.05) is 19.9 Å². The van der Waals surface area contributed by atoms with E-state index in [0.717, 1.165) is 50.3 Å². The Morgan fingerprint density at radius 3 is 2.82 bits per heavy atom. The smallest absolute Gasteiger partial charge is 0.194 e. The van der Waals surface area contributed by atoms with Crippen molar-refractivity contribution in [1.82, 2.24) is 29.9 Å². The number of aliphatic imine (C=N–C) groups is 1. The molecule has 0 spiro atoms. The SMILES string of the molecule is CCN(CC)CC1CCN(C(=NCc2nnc(C)n2C)NCc2cccs2)C1. The molecule has 8 heteroatoms. The molecule has 0 bridgehead atoms. The molecule has 7 nitrogen and oxygen atoms in total. The van der Waals surface area contributed by atoms with Gasteiger partial charge < -0.3 is 19.7 Å². The number of rotatable bonds is 8. The highest BCUT2D eigenvalue weighted by molar-refractivity contribution is 7.09. The van der Waals surface area contributed by atoms with E-state index in [4.69, 9.17) is 4.99 Å². The molecule has 0 aliphatic carbocycles. The predicted octanol–water partition coefficient (Wildman–Crippen LogP) is 2.49. The maximum absolute atomic E-state index is 4.90. The second-order valence-electron chi connectivity index (χ2n) is 7.38. The fourth-order valence-electron chi connectivity index (χ4n) is 3.60. The Kier molecular flexibility index (Phi) is 7.44. The van der Waals surface area contributed by atoms with Crippen molar-refractivity contribution in [3.05, 3.63) is 34.0 Å². The summed E-state index contributed by atoms with van der Waals surface area (Å²) in [7, 11) is 1.99. The second-order valence-corrected chi connectivity index (χ2v) is 8.41. The minimum absolute atomic E-state index is 0.543. The lowest BCUT2D eigenvalue weighted by molar-refractivity contribution is 0.255. The molecule has 1 aliphatic heterocycles. The topological polar surface area (TPSA) is 61.6 Å². The van der Waals surface area contributed by atoms with Crippen molar-refractivity contribution in [2.24, 2.45) is 18.0 Å². The molecule has 0 amide bonds. The van der Waals surface area contributed by atoms with E-state index in [1.807, 2.05) is 18.5 Å². The first-order valence-corrected chi connectivity index (χ1v) is 11.1. The minimum Gasteiger partial charge on any atom is -0.351 e. The number of nitrogens with one attached hydrogen (secondary N) is 1. The molecule has 3 rings (SSSR count). The van der Waals surface area contributed by atoms with E-state index in [-0.39, 0.29) is 0 Å².